The zero-order valence-corrected chi connectivity index (χ0v) is 38.0. The number of hydrogen-bond donors (Lipinski definition) is 3. The number of alkyl halides is 3. The summed E-state index contributed by atoms with van der Waals surface area (Å²) in [6.45, 7) is 13.2. The van der Waals surface area contributed by atoms with Crippen molar-refractivity contribution in [3.05, 3.63) is 71.0 Å². The Hall–Kier alpha value is -3.84. The number of carbonyl (C=O) groups is 2. The van der Waals surface area contributed by atoms with E-state index in [0.717, 1.165) is 12.1 Å². The van der Waals surface area contributed by atoms with E-state index in [0.29, 0.717) is 17.7 Å². The van der Waals surface area contributed by atoms with E-state index in [1.807, 2.05) is 32.8 Å². The molecule has 2 aliphatic rings. The number of likely N-dealkylation sites (N-methyl/N-ethyl adjacent to an activating group) is 1. The summed E-state index contributed by atoms with van der Waals surface area (Å²) < 4.78 is 85.2. The van der Waals surface area contributed by atoms with Crippen molar-refractivity contribution in [3.8, 4) is 0 Å². The van der Waals surface area contributed by atoms with Gasteiger partial charge in [-0.25, -0.2) is 4.39 Å². The quantitative estimate of drug-likeness (QED) is 0.105. The average Bonchev–Trinajstić information content (AvgIpc) is 3.22. The summed E-state index contributed by atoms with van der Waals surface area (Å²) in [5.74, 6) is -5.92. The van der Waals surface area contributed by atoms with Crippen LogP contribution in [0.2, 0.25) is 0 Å². The van der Waals surface area contributed by atoms with E-state index in [1.165, 1.54) is 63.6 Å². The molecule has 2 heterocycles. The fourth-order valence-electron chi connectivity index (χ4n) is 8.87. The van der Waals surface area contributed by atoms with Gasteiger partial charge in [0.2, 0.25) is 0 Å². The minimum atomic E-state index is -4.59. The van der Waals surface area contributed by atoms with E-state index in [9.17, 15) is 42.5 Å². The predicted octanol–water partition coefficient (Wildman–Crippen LogP) is 6.37. The Morgan fingerprint density at radius 1 is 1.00 bits per heavy atom. The molecule has 0 aliphatic carbocycles. The molecule has 2 aromatic carbocycles. The standard InChI is InChI=1S/C46H65F4N3O10/c1-12-35-45(8,58)40(56)27(4)37(52-51-24-31-15-19-33(47)20-16-31)25(2)23-44(7,59-11)41(63-43-38(55)34(53(9)10)21-26(3)60-43)28(5)39(29(6)42(57)61-35)62-36(54)22-30-13-17-32(18-14-30)46(48,49)50/h13-20,24-29,34-35,38-41,43,55-56,58H,12,21-23H2,1-11H3/b51-24+,52-37+/t25-,26?,27+,28+,29-,34?,35-,38?,39+,40-,41-,43?,44-,45-/m1/s1. The smallest absolute Gasteiger partial charge is 0.416 e. The Labute approximate surface area is 367 Å². The van der Waals surface area contributed by atoms with E-state index in [1.54, 1.807) is 27.7 Å². The van der Waals surface area contributed by atoms with Gasteiger partial charge in [0.15, 0.2) is 6.29 Å². The molecule has 0 amide bonds. The van der Waals surface area contributed by atoms with Crippen LogP contribution in [-0.2, 0) is 45.9 Å². The maximum absolute atomic E-state index is 14.3. The van der Waals surface area contributed by atoms with E-state index in [2.05, 4.69) is 10.2 Å². The molecule has 2 saturated heterocycles. The topological polar surface area (TPSA) is 169 Å². The highest BCUT2D eigenvalue weighted by Gasteiger charge is 2.52. The Morgan fingerprint density at radius 2 is 1.62 bits per heavy atom. The van der Waals surface area contributed by atoms with Crippen LogP contribution in [0.1, 0.15) is 91.3 Å². The molecule has 0 bridgehead atoms. The first-order chi connectivity index (χ1) is 29.3. The summed E-state index contributed by atoms with van der Waals surface area (Å²) >= 11 is 0. The summed E-state index contributed by atoms with van der Waals surface area (Å²) in [7, 11) is 5.09. The second kappa shape index (κ2) is 21.4. The number of aliphatic hydroxyl groups excluding tert-OH is 2. The van der Waals surface area contributed by atoms with Crippen molar-refractivity contribution in [1.82, 2.24) is 4.90 Å². The molecule has 3 N–H and O–H groups in total. The number of nitrogens with zero attached hydrogens (tertiary/aromatic N) is 3. The van der Waals surface area contributed by atoms with Gasteiger partial charge < -0.3 is 43.9 Å². The highest BCUT2D eigenvalue weighted by atomic mass is 19.4. The zero-order chi connectivity index (χ0) is 47.2. The molecule has 0 saturated carbocycles. The van der Waals surface area contributed by atoms with Gasteiger partial charge in [-0.05, 0) is 102 Å². The largest absolute Gasteiger partial charge is 0.461 e. The highest BCUT2D eigenvalue weighted by molar-refractivity contribution is 5.90. The van der Waals surface area contributed by atoms with Crippen molar-refractivity contribution < 1.29 is 66.2 Å². The molecular formula is C46H65F4N3O10. The van der Waals surface area contributed by atoms with Crippen molar-refractivity contribution in [2.24, 2.45) is 33.9 Å². The molecule has 0 radical (unpaired) electrons. The van der Waals surface area contributed by atoms with Crippen LogP contribution in [0.15, 0.2) is 58.7 Å². The number of esters is 2. The van der Waals surface area contributed by atoms with Crippen molar-refractivity contribution in [1.29, 1.82) is 0 Å². The number of cyclic esters (lactones) is 1. The first-order valence-electron chi connectivity index (χ1n) is 21.4. The Kier molecular flexibility index (Phi) is 17.6. The van der Waals surface area contributed by atoms with Crippen molar-refractivity contribution in [3.63, 3.8) is 0 Å². The minimum absolute atomic E-state index is 0.0591. The van der Waals surface area contributed by atoms with Gasteiger partial charge in [0.1, 0.15) is 29.7 Å². The van der Waals surface area contributed by atoms with Gasteiger partial charge in [-0.2, -0.15) is 23.4 Å². The Bertz CT molecular complexity index is 1880. The summed E-state index contributed by atoms with van der Waals surface area (Å²) in [6, 6.07) is 9.24. The number of rotatable bonds is 10. The molecule has 2 fully saturated rings. The first kappa shape index (κ1) is 51.8. The Balaban J connectivity index is 1.89. The fraction of sp³-hybridized carbons (Fsp3) is 0.652. The second-order valence-corrected chi connectivity index (χ2v) is 17.8. The molecule has 17 heteroatoms. The maximum Gasteiger partial charge on any atom is 0.416 e. The van der Waals surface area contributed by atoms with Crippen LogP contribution < -0.4 is 0 Å². The van der Waals surface area contributed by atoms with E-state index in [-0.39, 0.29) is 30.6 Å². The molecule has 13 nitrogen and oxygen atoms in total. The molecule has 0 spiro atoms. The number of methoxy groups -OCH3 is 1. The van der Waals surface area contributed by atoms with Gasteiger partial charge in [-0.15, -0.1) is 0 Å². The SMILES string of the molecule is CC[C@H]1OC(=O)[C@H](C)[C@@H](OC(=O)Cc2ccc(C(F)(F)F)cc2)[C@H](C)[C@@H](OC2OC(C)CC(N(C)C)C2O)[C@](C)(OC)C[C@@H](C)/C(=N\N=C\c2ccc(F)cc2)[C@H](C)[C@@H](O)[C@]1(C)O. The second-order valence-electron chi connectivity index (χ2n) is 17.8. The summed E-state index contributed by atoms with van der Waals surface area (Å²) in [6.07, 6.45) is -11.1. The molecule has 63 heavy (non-hydrogen) atoms. The third-order valence-corrected chi connectivity index (χ3v) is 12.7. The summed E-state index contributed by atoms with van der Waals surface area (Å²) in [5.41, 5.74) is -3.25. The van der Waals surface area contributed by atoms with Crippen molar-refractivity contribution in [2.45, 2.75) is 147 Å². The monoisotopic (exact) mass is 895 g/mol. The van der Waals surface area contributed by atoms with Crippen molar-refractivity contribution in [2.75, 3.05) is 21.2 Å². The van der Waals surface area contributed by atoms with Crippen molar-refractivity contribution >= 4 is 23.9 Å². The lowest BCUT2D eigenvalue weighted by atomic mass is 9.73. The number of aliphatic hydroxyl groups is 3. The average molecular weight is 896 g/mol. The molecule has 14 atom stereocenters. The summed E-state index contributed by atoms with van der Waals surface area (Å²) in [5, 5.41) is 44.5. The summed E-state index contributed by atoms with van der Waals surface area (Å²) in [4.78, 5) is 30.0. The fourth-order valence-corrected chi connectivity index (χ4v) is 8.87. The van der Waals surface area contributed by atoms with Crippen LogP contribution in [0.25, 0.3) is 0 Å². The first-order valence-corrected chi connectivity index (χ1v) is 21.4. The van der Waals surface area contributed by atoms with E-state index < -0.39 is 108 Å². The number of carbonyl (C=O) groups excluding carboxylic acids is 2. The van der Waals surface area contributed by atoms with Crippen LogP contribution in [0.4, 0.5) is 17.6 Å². The number of ether oxygens (including phenoxy) is 5. The van der Waals surface area contributed by atoms with E-state index in [4.69, 9.17) is 23.7 Å². The van der Waals surface area contributed by atoms with E-state index >= 15 is 0 Å². The molecule has 2 aromatic rings. The van der Waals surface area contributed by atoms with Gasteiger partial charge in [0.25, 0.3) is 0 Å². The molecule has 352 valence electrons. The van der Waals surface area contributed by atoms with Crippen LogP contribution in [0.3, 0.4) is 0 Å². The normalized spacial score (nSPS) is 36.0. The van der Waals surface area contributed by atoms with Gasteiger partial charge in [0.05, 0.1) is 48.0 Å². The maximum atomic E-state index is 14.3. The van der Waals surface area contributed by atoms with Gasteiger partial charge in [0, 0.05) is 30.7 Å². The Morgan fingerprint density at radius 3 is 2.17 bits per heavy atom. The lowest BCUT2D eigenvalue weighted by molar-refractivity contribution is -0.301. The predicted molar refractivity (Wildman–Crippen MR) is 227 cm³/mol. The molecule has 4 rings (SSSR count). The van der Waals surface area contributed by atoms with Crippen LogP contribution in [0.5, 0.6) is 0 Å². The molecule has 0 aromatic heterocycles. The molecule has 4 unspecified atom stereocenters. The number of benzene rings is 2. The van der Waals surface area contributed by atoms with Gasteiger partial charge in [-0.1, -0.05) is 52.0 Å². The van der Waals surface area contributed by atoms with Gasteiger partial charge in [-0.3, -0.25) is 9.59 Å². The third kappa shape index (κ3) is 12.7. The van der Waals surface area contributed by atoms with Crippen LogP contribution in [0, 0.1) is 29.5 Å². The number of hydrogen-bond acceptors (Lipinski definition) is 13. The minimum Gasteiger partial charge on any atom is -0.461 e. The lowest BCUT2D eigenvalue weighted by Crippen LogP contribution is -2.60. The highest BCUT2D eigenvalue weighted by Crippen LogP contribution is 2.40. The molecular weight excluding hydrogens is 831 g/mol. The number of halogens is 4. The van der Waals surface area contributed by atoms with Crippen LogP contribution in [-0.4, -0.2) is 125 Å². The van der Waals surface area contributed by atoms with Gasteiger partial charge >= 0.3 is 18.1 Å². The van der Waals surface area contributed by atoms with Crippen LogP contribution >= 0.6 is 0 Å². The third-order valence-electron chi connectivity index (χ3n) is 12.7. The lowest BCUT2D eigenvalue weighted by Gasteiger charge is -2.48. The molecule has 2 aliphatic heterocycles. The zero-order valence-electron chi connectivity index (χ0n) is 38.0.